The lowest BCUT2D eigenvalue weighted by atomic mass is 10.4. The molecule has 0 N–H and O–H groups in total. The normalized spacial score (nSPS) is 5.11. The highest BCUT2D eigenvalue weighted by Crippen LogP contribution is 1.77. The van der Waals surface area contributed by atoms with Crippen molar-refractivity contribution in [2.24, 2.45) is 0 Å². The highest BCUT2D eigenvalue weighted by Gasteiger charge is 1.57. The quantitative estimate of drug-likeness (QED) is 0.295. The molecule has 0 nitrogen and oxygen atoms in total. The fraction of sp³-hybridized carbons (Fsp3) is 0.946. The summed E-state index contributed by atoms with van der Waals surface area (Å²) < 4.78 is 37.5. The summed E-state index contributed by atoms with van der Waals surface area (Å²) >= 11 is 0. The molecule has 0 aliphatic rings. The van der Waals surface area contributed by atoms with Crippen LogP contribution in [0.3, 0.4) is 0 Å². The molecule has 37 heavy (non-hydrogen) atoms. The van der Waals surface area contributed by atoms with E-state index in [2.05, 4.69) is 48.0 Å². The molecule has 0 amide bonds. The summed E-state index contributed by atoms with van der Waals surface area (Å²) in [7, 11) is -0.250. The van der Waals surface area contributed by atoms with Gasteiger partial charge in [-0.2, -0.15) is 0 Å². The molecule has 0 heterocycles. The Morgan fingerprint density at radius 2 is 0.432 bits per heavy atom. The molecule has 0 aromatic rings. The van der Waals surface area contributed by atoms with Crippen LogP contribution < -0.4 is 0 Å². The topological polar surface area (TPSA) is 0 Å². The smallest absolute Gasteiger partial charge is 0.124 e. The van der Waals surface area contributed by atoms with Crippen molar-refractivity contribution in [2.45, 2.75) is 242 Å². The van der Waals surface area contributed by atoms with E-state index in [1.165, 1.54) is 44.9 Å². The summed E-state index contributed by atoms with van der Waals surface area (Å²) in [5, 5.41) is 0. The summed E-state index contributed by atoms with van der Waals surface area (Å²) in [5.74, 6) is 0. The summed E-state index contributed by atoms with van der Waals surface area (Å²) in [6.07, 6.45) is 13.7. The van der Waals surface area contributed by atoms with Gasteiger partial charge in [-0.25, -0.2) is 0 Å². The molecule has 0 radical (unpaired) electrons. The van der Waals surface area contributed by atoms with Crippen molar-refractivity contribution < 1.29 is 11.5 Å². The van der Waals surface area contributed by atoms with Crippen molar-refractivity contribution in [2.75, 3.05) is 0 Å². The molecule has 0 aliphatic heterocycles. The van der Waals surface area contributed by atoms with E-state index >= 15 is 0 Å². The summed E-state index contributed by atoms with van der Waals surface area (Å²) in [5.41, 5.74) is 0. The Morgan fingerprint density at radius 3 is 0.432 bits per heavy atom. The van der Waals surface area contributed by atoms with Crippen LogP contribution in [0.1, 0.15) is 253 Å². The number of hydrogen-bond donors (Lipinski definition) is 0. The Bertz CT molecular complexity index is 102. The van der Waals surface area contributed by atoms with Crippen molar-refractivity contribution in [3.8, 4) is 12.8 Å². The summed E-state index contributed by atoms with van der Waals surface area (Å²) in [4.78, 5) is 0. The monoisotopic (exact) mass is 573 g/mol. The lowest BCUT2D eigenvalue weighted by Gasteiger charge is -1.68. The van der Waals surface area contributed by atoms with Gasteiger partial charge in [0, 0.05) is 10.1 Å². The van der Waals surface area contributed by atoms with Crippen LogP contribution in [-0.4, -0.2) is 0 Å². The molecule has 0 aromatic heterocycles. The van der Waals surface area contributed by atoms with Crippen molar-refractivity contribution in [3.63, 3.8) is 0 Å². The largest absolute Gasteiger partial charge is 0.124 e. The van der Waals surface area contributed by atoms with Crippen LogP contribution >= 0.6 is 0 Å². The molecule has 0 unspecified atom stereocenters. The first-order valence-electron chi connectivity index (χ1n) is 18.9. The molecule has 260 valence electrons. The van der Waals surface area contributed by atoms with E-state index in [1.54, 1.807) is 0 Å². The van der Waals surface area contributed by atoms with Crippen LogP contribution in [0.25, 0.3) is 0 Å². The molecule has 0 fully saturated rings. The maximum atomic E-state index is 5.88. The predicted molar refractivity (Wildman–Crippen MR) is 214 cm³/mol. The molecule has 0 bridgehead atoms. The second kappa shape index (κ2) is 1370. The maximum Gasteiger partial charge on any atom is 0.124 e. The lowest BCUT2D eigenvalue weighted by molar-refractivity contribution is 0.886. The number of unbranched alkanes of at least 4 members (excludes halogenated alkanes) is 3. The van der Waals surface area contributed by atoms with Crippen molar-refractivity contribution in [3.05, 3.63) is 0 Å². The fourth-order valence-corrected chi connectivity index (χ4v) is 0. The van der Waals surface area contributed by atoms with Gasteiger partial charge >= 0.3 is 0 Å². The molecule has 0 rings (SSSR count). The molecule has 0 atom stereocenters. The van der Waals surface area contributed by atoms with Crippen molar-refractivity contribution >= 4 is 0 Å². The predicted octanol–water partition coefficient (Wildman–Crippen LogP) is 18.8. The zero-order valence-corrected chi connectivity index (χ0v) is 30.0. The first-order valence-corrected chi connectivity index (χ1v) is 15.0. The molecule has 0 saturated heterocycles. The first kappa shape index (κ1) is 83.3. The molecule has 0 spiro atoms. The zero-order chi connectivity index (χ0) is 37.7. The van der Waals surface area contributed by atoms with Crippen LogP contribution in [0.15, 0.2) is 0 Å². The van der Waals surface area contributed by atoms with Gasteiger partial charge in [-0.3, -0.25) is 0 Å². The third-order valence-corrected chi connectivity index (χ3v) is 1.50. The first-order chi connectivity index (χ1) is 19.6. The third-order valence-electron chi connectivity index (χ3n) is 1.50. The Labute approximate surface area is 266 Å². The van der Waals surface area contributed by atoms with E-state index in [0.29, 0.717) is 0 Å². The van der Waals surface area contributed by atoms with Gasteiger partial charge in [0.05, 0.1) is 0 Å². The fourth-order valence-electron chi connectivity index (χ4n) is 0. The highest BCUT2D eigenvalue weighted by molar-refractivity contribution is 4.47. The van der Waals surface area contributed by atoms with Crippen LogP contribution in [-0.2, 0) is 0 Å². The maximum absolute atomic E-state index is 5.88. The Kier molecular flexibility index (Phi) is 3090. The molecule has 0 saturated carbocycles. The lowest BCUT2D eigenvalue weighted by Crippen LogP contribution is -1.47. The molecule has 0 heteroatoms. The Morgan fingerprint density at radius 1 is 0.405 bits per heavy atom. The second-order valence-electron chi connectivity index (χ2n) is 3.00. The van der Waals surface area contributed by atoms with Gasteiger partial charge in [-0.15, -0.1) is 12.8 Å². The molecular formula is C37H112. The van der Waals surface area contributed by atoms with Crippen LogP contribution in [0, 0.1) is 12.8 Å². The van der Waals surface area contributed by atoms with E-state index in [4.69, 9.17) is 10.1 Å². The average molecular weight is 573 g/mol. The van der Waals surface area contributed by atoms with Gasteiger partial charge < -0.3 is 0 Å². The summed E-state index contributed by atoms with van der Waals surface area (Å²) in [6.45, 7) is 49.1. The number of rotatable bonds is 3. The summed E-state index contributed by atoms with van der Waals surface area (Å²) in [6, 6.07) is 0. The van der Waals surface area contributed by atoms with Gasteiger partial charge in [0.2, 0.25) is 0 Å². The van der Waals surface area contributed by atoms with Gasteiger partial charge in [0.15, 0.2) is 0 Å². The molecular weight excluding hydrogens is 444 g/mol. The van der Waals surface area contributed by atoms with Crippen LogP contribution in [0.2, 0.25) is 0 Å². The SMILES string of the molecule is C.C.C.C.CC.CC.CC.CC.CC.CC.CC.CC.CC.CCCC.CCCC.CCCC.[3HH].[3H]C#C.[3H]C[3H].[3H][3H].[3H][3H]. The van der Waals surface area contributed by atoms with Crippen LogP contribution in [0.4, 0.5) is 0 Å². The van der Waals surface area contributed by atoms with E-state index in [-0.39, 0.29) is 38.5 Å². The highest BCUT2D eigenvalue weighted by atomic mass is 13.6. The standard InChI is InChI=1S/3C4H10.9C2H6.C2H2.5CH4.3H2/c3*1-3-4-2;10*1-2;;;;;;;;/h3*3-4H2,1-2H3;9*1-2H3;1-2H;5*1H4;3*1H/i;;;;;;;;;;;;1T;1T2;;;;;2*1+2T;1+2. The van der Waals surface area contributed by atoms with Gasteiger partial charge in [0.25, 0.3) is 0 Å². The van der Waals surface area contributed by atoms with Gasteiger partial charge in [0.1, 0.15) is 1.37 Å². The Balaban J connectivity index is -0.00000000721. The van der Waals surface area contributed by atoms with Crippen LogP contribution in [0.5, 0.6) is 0 Å². The van der Waals surface area contributed by atoms with E-state index in [0.717, 1.165) is 0 Å². The Hall–Kier alpha value is -0.440. The third kappa shape index (κ3) is 6110. The average Bonchev–Trinajstić information content (AvgIpc) is 3.11. The van der Waals surface area contributed by atoms with Crippen molar-refractivity contribution in [1.82, 2.24) is 0 Å². The minimum atomic E-state index is -0.250. The van der Waals surface area contributed by atoms with Gasteiger partial charge in [-0.05, 0) is 0 Å². The van der Waals surface area contributed by atoms with Crippen molar-refractivity contribution in [1.29, 1.82) is 0 Å². The number of terminal acetylenes is 1. The minimum absolute atomic E-state index is 0. The molecule has 0 aliphatic carbocycles. The van der Waals surface area contributed by atoms with E-state index in [1.807, 2.05) is 125 Å². The molecule has 0 aromatic carbocycles. The van der Waals surface area contributed by atoms with Gasteiger partial charge in [-0.1, -0.05) is 242 Å². The van der Waals surface area contributed by atoms with E-state index in [9.17, 15) is 0 Å². The van der Waals surface area contributed by atoms with E-state index < -0.39 is 0 Å². The minimum Gasteiger partial charge on any atom is -0.124 e. The zero-order valence-electron chi connectivity index (χ0n) is 37.0. The second-order valence-corrected chi connectivity index (χ2v) is 3.00. The number of hydrogen-bond acceptors (Lipinski definition) is 0.